The van der Waals surface area contributed by atoms with Crippen LogP contribution in [0.3, 0.4) is 0 Å². The van der Waals surface area contributed by atoms with Crippen molar-refractivity contribution in [1.82, 2.24) is 14.9 Å². The fourth-order valence-electron chi connectivity index (χ4n) is 2.77. The second-order valence-corrected chi connectivity index (χ2v) is 5.61. The molecule has 1 amide bonds. The summed E-state index contributed by atoms with van der Waals surface area (Å²) in [7, 11) is 1.26. The van der Waals surface area contributed by atoms with E-state index in [1.807, 2.05) is 6.07 Å². The average molecular weight is 315 g/mol. The minimum Gasteiger partial charge on any atom is -0.467 e. The fourth-order valence-corrected chi connectivity index (χ4v) is 2.77. The molecule has 1 saturated carbocycles. The van der Waals surface area contributed by atoms with E-state index >= 15 is 0 Å². The summed E-state index contributed by atoms with van der Waals surface area (Å²) in [5.41, 5.74) is 0.0628. The van der Waals surface area contributed by atoms with E-state index in [4.69, 9.17) is 4.74 Å². The first kappa shape index (κ1) is 15.2. The summed E-state index contributed by atoms with van der Waals surface area (Å²) in [4.78, 5) is 28.4. The Morgan fingerprint density at radius 3 is 2.83 bits per heavy atom. The molecule has 1 fully saturated rings. The van der Waals surface area contributed by atoms with E-state index in [0.717, 1.165) is 5.69 Å². The van der Waals surface area contributed by atoms with Crippen LogP contribution in [0, 0.1) is 0 Å². The van der Waals surface area contributed by atoms with Crippen LogP contribution in [0.15, 0.2) is 43.0 Å². The van der Waals surface area contributed by atoms with Gasteiger partial charge in [0.05, 0.1) is 19.5 Å². The number of aliphatic hydroxyl groups excluding tert-OH is 1. The van der Waals surface area contributed by atoms with Gasteiger partial charge in [0, 0.05) is 36.5 Å². The van der Waals surface area contributed by atoms with Crippen LogP contribution in [0.1, 0.15) is 23.2 Å². The Hall–Kier alpha value is -2.67. The van der Waals surface area contributed by atoms with Gasteiger partial charge in [0.15, 0.2) is 0 Å². The highest BCUT2D eigenvalue weighted by molar-refractivity contribution is 5.99. The first-order chi connectivity index (χ1) is 11.0. The molecule has 0 bridgehead atoms. The molecule has 0 radical (unpaired) electrons. The Balaban J connectivity index is 1.81. The van der Waals surface area contributed by atoms with E-state index in [1.165, 1.54) is 7.11 Å². The lowest BCUT2D eigenvalue weighted by atomic mass is 9.74. The molecule has 1 aromatic carbocycles. The summed E-state index contributed by atoms with van der Waals surface area (Å²) in [6.07, 6.45) is 4.77. The topological polar surface area (TPSA) is 93.5 Å². The molecule has 23 heavy (non-hydrogen) atoms. The maximum atomic E-state index is 12.5. The number of nitrogens with one attached hydrogen (secondary N) is 1. The van der Waals surface area contributed by atoms with Gasteiger partial charge >= 0.3 is 5.97 Å². The predicted octanol–water partition coefficient (Wildman–Crippen LogP) is 0.669. The second-order valence-electron chi connectivity index (χ2n) is 5.61. The molecule has 1 aliphatic rings. The van der Waals surface area contributed by atoms with Crippen molar-refractivity contribution in [2.24, 2.45) is 0 Å². The third-order valence-corrected chi connectivity index (χ3v) is 4.01. The number of rotatable bonds is 4. The molecule has 7 heteroatoms. The van der Waals surface area contributed by atoms with Gasteiger partial charge < -0.3 is 19.7 Å². The summed E-state index contributed by atoms with van der Waals surface area (Å²) in [5.74, 6) is -0.925. The van der Waals surface area contributed by atoms with Crippen molar-refractivity contribution < 1.29 is 19.4 Å². The Labute approximate surface area is 132 Å². The zero-order valence-corrected chi connectivity index (χ0v) is 12.6. The Morgan fingerprint density at radius 2 is 2.22 bits per heavy atom. The normalized spacial score (nSPS) is 23.0. The number of carbonyl (C=O) groups excluding carboxylic acids is 2. The number of aromatic nitrogens is 2. The van der Waals surface area contributed by atoms with E-state index in [1.54, 1.807) is 41.5 Å². The number of carbonyl (C=O) groups is 2. The molecule has 2 N–H and O–H groups in total. The van der Waals surface area contributed by atoms with E-state index < -0.39 is 17.6 Å². The van der Waals surface area contributed by atoms with Crippen molar-refractivity contribution >= 4 is 11.9 Å². The lowest BCUT2D eigenvalue weighted by Crippen LogP contribution is -2.64. The lowest BCUT2D eigenvalue weighted by Gasteiger charge is -2.42. The standard InChI is InChI=1S/C16H17N3O4/c1-23-15(22)16(8-13(20)9-16)18-14(21)11-3-2-4-12(7-11)19-6-5-17-10-19/h2-7,10,13,20H,8-9H2,1H3,(H,18,21). The first-order valence-corrected chi connectivity index (χ1v) is 7.21. The molecule has 0 saturated heterocycles. The number of benzene rings is 1. The smallest absolute Gasteiger partial charge is 0.331 e. The minimum atomic E-state index is -1.14. The van der Waals surface area contributed by atoms with Crippen molar-refractivity contribution in [1.29, 1.82) is 0 Å². The summed E-state index contributed by atoms with van der Waals surface area (Å²) in [6.45, 7) is 0. The Bertz CT molecular complexity index is 721. The zero-order chi connectivity index (χ0) is 16.4. The van der Waals surface area contributed by atoms with Crippen molar-refractivity contribution in [2.75, 3.05) is 7.11 Å². The molecule has 2 aromatic rings. The van der Waals surface area contributed by atoms with Crippen molar-refractivity contribution in [3.05, 3.63) is 48.5 Å². The largest absolute Gasteiger partial charge is 0.467 e. The molecule has 3 rings (SSSR count). The quantitative estimate of drug-likeness (QED) is 0.809. The fraction of sp³-hybridized carbons (Fsp3) is 0.312. The van der Waals surface area contributed by atoms with E-state index in [0.29, 0.717) is 5.56 Å². The summed E-state index contributed by atoms with van der Waals surface area (Å²) in [5, 5.41) is 12.2. The number of ether oxygens (including phenoxy) is 1. The third kappa shape index (κ3) is 2.83. The number of amides is 1. The number of methoxy groups -OCH3 is 1. The predicted molar refractivity (Wildman–Crippen MR) is 81.0 cm³/mol. The number of aliphatic hydroxyl groups is 1. The molecule has 1 aliphatic carbocycles. The van der Waals surface area contributed by atoms with Crippen LogP contribution >= 0.6 is 0 Å². The lowest BCUT2D eigenvalue weighted by molar-refractivity contribution is -0.157. The van der Waals surface area contributed by atoms with Gasteiger partial charge in [-0.1, -0.05) is 6.07 Å². The molecule has 1 aromatic heterocycles. The Morgan fingerprint density at radius 1 is 1.43 bits per heavy atom. The van der Waals surface area contributed by atoms with E-state index in [-0.39, 0.29) is 18.7 Å². The van der Waals surface area contributed by atoms with Gasteiger partial charge in [-0.15, -0.1) is 0 Å². The molecule has 0 unspecified atom stereocenters. The number of hydrogen-bond donors (Lipinski definition) is 2. The average Bonchev–Trinajstić information content (AvgIpc) is 3.06. The van der Waals surface area contributed by atoms with Gasteiger partial charge in [-0.2, -0.15) is 0 Å². The highest BCUT2D eigenvalue weighted by Crippen LogP contribution is 2.33. The summed E-state index contributed by atoms with van der Waals surface area (Å²) < 4.78 is 6.53. The Kier molecular flexibility index (Phi) is 3.87. The molecule has 120 valence electrons. The number of imidazole rings is 1. The van der Waals surface area contributed by atoms with Gasteiger partial charge in [0.1, 0.15) is 5.54 Å². The van der Waals surface area contributed by atoms with Gasteiger partial charge in [0.2, 0.25) is 0 Å². The van der Waals surface area contributed by atoms with Gasteiger partial charge in [-0.25, -0.2) is 9.78 Å². The number of hydrogen-bond acceptors (Lipinski definition) is 5. The van der Waals surface area contributed by atoms with Crippen LogP contribution in [-0.4, -0.2) is 45.3 Å². The molecule has 1 heterocycles. The van der Waals surface area contributed by atoms with Crippen molar-refractivity contribution in [3.63, 3.8) is 0 Å². The van der Waals surface area contributed by atoms with Gasteiger partial charge in [-0.05, 0) is 18.2 Å². The highest BCUT2D eigenvalue weighted by Gasteiger charge is 2.52. The number of nitrogens with zero attached hydrogens (tertiary/aromatic N) is 2. The summed E-state index contributed by atoms with van der Waals surface area (Å²) >= 11 is 0. The van der Waals surface area contributed by atoms with Crippen LogP contribution < -0.4 is 5.32 Å². The van der Waals surface area contributed by atoms with Crippen LogP contribution in [0.5, 0.6) is 0 Å². The third-order valence-electron chi connectivity index (χ3n) is 4.01. The molecule has 0 aliphatic heterocycles. The maximum absolute atomic E-state index is 12.5. The van der Waals surface area contributed by atoms with Crippen LogP contribution in [0.2, 0.25) is 0 Å². The molecular weight excluding hydrogens is 298 g/mol. The molecule has 7 nitrogen and oxygen atoms in total. The van der Waals surface area contributed by atoms with Crippen molar-refractivity contribution in [2.45, 2.75) is 24.5 Å². The van der Waals surface area contributed by atoms with Crippen molar-refractivity contribution in [3.8, 4) is 5.69 Å². The summed E-state index contributed by atoms with van der Waals surface area (Å²) in [6, 6.07) is 6.97. The first-order valence-electron chi connectivity index (χ1n) is 7.21. The monoisotopic (exact) mass is 315 g/mol. The SMILES string of the molecule is COC(=O)C1(NC(=O)c2cccc(-n3ccnc3)c2)CC(O)C1. The second kappa shape index (κ2) is 5.85. The van der Waals surface area contributed by atoms with Crippen LogP contribution in [0.25, 0.3) is 5.69 Å². The number of esters is 1. The van der Waals surface area contributed by atoms with Crippen LogP contribution in [-0.2, 0) is 9.53 Å². The molecule has 0 spiro atoms. The molecule has 0 atom stereocenters. The van der Waals surface area contributed by atoms with E-state index in [2.05, 4.69) is 10.3 Å². The van der Waals surface area contributed by atoms with Crippen LogP contribution in [0.4, 0.5) is 0 Å². The van der Waals surface area contributed by atoms with Gasteiger partial charge in [-0.3, -0.25) is 4.79 Å². The molecular formula is C16H17N3O4. The zero-order valence-electron chi connectivity index (χ0n) is 12.6. The van der Waals surface area contributed by atoms with E-state index in [9.17, 15) is 14.7 Å². The highest BCUT2D eigenvalue weighted by atomic mass is 16.5. The van der Waals surface area contributed by atoms with Gasteiger partial charge in [0.25, 0.3) is 5.91 Å². The minimum absolute atomic E-state index is 0.159. The maximum Gasteiger partial charge on any atom is 0.331 e.